The van der Waals surface area contributed by atoms with Crippen molar-refractivity contribution < 1.29 is 36.3 Å². The van der Waals surface area contributed by atoms with Crippen LogP contribution in [0.15, 0.2) is 107 Å². The molecule has 0 atom stereocenters. The summed E-state index contributed by atoms with van der Waals surface area (Å²) in [6.45, 7) is -5.45. The molecule has 0 unspecified atom stereocenters. The predicted molar refractivity (Wildman–Crippen MR) is 193 cm³/mol. The predicted octanol–water partition coefficient (Wildman–Crippen LogP) is 11.1. The highest BCUT2D eigenvalue weighted by Gasteiger charge is 2.19. The van der Waals surface area contributed by atoms with Crippen LogP contribution in [0.25, 0.3) is 10.9 Å². The van der Waals surface area contributed by atoms with E-state index in [0.29, 0.717) is 43.9 Å². The van der Waals surface area contributed by atoms with E-state index in [0.717, 1.165) is 9.79 Å². The van der Waals surface area contributed by atoms with Gasteiger partial charge in [-0.3, -0.25) is 4.98 Å². The normalized spacial score (nSPS) is 11.5. The highest BCUT2D eigenvalue weighted by molar-refractivity contribution is 8.08. The van der Waals surface area contributed by atoms with E-state index in [4.69, 9.17) is 78.7 Å². The Kier molecular flexibility index (Phi) is 13.9. The second kappa shape index (κ2) is 17.4. The van der Waals surface area contributed by atoms with Gasteiger partial charge in [0.25, 0.3) is 0 Å². The molecule has 0 saturated carbocycles. The molecule has 0 fully saturated rings. The van der Waals surface area contributed by atoms with Crippen LogP contribution in [0.2, 0.25) is 10.0 Å². The Morgan fingerprint density at radius 3 is 1.60 bits per heavy atom. The highest BCUT2D eigenvalue weighted by atomic mass is 35.5. The molecule has 0 bridgehead atoms. The summed E-state index contributed by atoms with van der Waals surface area (Å²) in [7, 11) is 5.89. The van der Waals surface area contributed by atoms with Crippen molar-refractivity contribution in [3.05, 3.63) is 113 Å². The minimum atomic E-state index is -2.73. The molecule has 5 rings (SSSR count). The lowest BCUT2D eigenvalue weighted by Gasteiger charge is -2.18. The van der Waals surface area contributed by atoms with Crippen LogP contribution in [0.4, 0.5) is 4.39 Å². The lowest BCUT2D eigenvalue weighted by Crippen LogP contribution is -1.96. The number of fused-ring (bicyclic) bond motifs is 1. The Balaban J connectivity index is 0.000000221. The first-order chi connectivity index (χ1) is 22.5. The summed E-state index contributed by atoms with van der Waals surface area (Å²) in [5, 5.41) is 1.63. The van der Waals surface area contributed by atoms with E-state index < -0.39 is 13.4 Å². The van der Waals surface area contributed by atoms with Gasteiger partial charge in [0.2, 0.25) is 0 Å². The minimum absolute atomic E-state index is 0.318. The fraction of sp³-hybridized carbons (Fsp3) is 0.129. The molecule has 0 amide bonds. The summed E-state index contributed by atoms with van der Waals surface area (Å²) < 4.78 is 50.3. The van der Waals surface area contributed by atoms with Crippen LogP contribution in [0, 0.1) is 5.82 Å². The van der Waals surface area contributed by atoms with Crippen LogP contribution in [0.3, 0.4) is 0 Å². The second-order valence-electron chi connectivity index (χ2n) is 9.00. The van der Waals surface area contributed by atoms with Crippen molar-refractivity contribution in [3.8, 4) is 23.0 Å². The minimum Gasteiger partial charge on any atom is -0.457 e. The maximum Gasteiger partial charge on any atom is 0.380 e. The Morgan fingerprint density at radius 1 is 0.660 bits per heavy atom. The molecular formula is C31H28Cl2FNO7P2S3. The van der Waals surface area contributed by atoms with Gasteiger partial charge in [-0.1, -0.05) is 35.0 Å². The van der Waals surface area contributed by atoms with Crippen LogP contribution < -0.4 is 13.8 Å². The van der Waals surface area contributed by atoms with Gasteiger partial charge < -0.3 is 31.9 Å². The molecule has 0 N–H and O–H groups in total. The zero-order valence-corrected chi connectivity index (χ0v) is 31.0. The van der Waals surface area contributed by atoms with E-state index in [2.05, 4.69) is 4.98 Å². The first-order valence-electron chi connectivity index (χ1n) is 13.4. The van der Waals surface area contributed by atoms with E-state index in [1.807, 2.05) is 48.5 Å². The van der Waals surface area contributed by atoms with Crippen molar-refractivity contribution in [1.82, 2.24) is 4.98 Å². The molecule has 0 spiro atoms. The molecular weight excluding hydrogens is 746 g/mol. The Hall–Kier alpha value is -2.31. The molecule has 0 aliphatic rings. The molecule has 4 aromatic carbocycles. The summed E-state index contributed by atoms with van der Waals surface area (Å²) in [5.74, 6) is 1.94. The van der Waals surface area contributed by atoms with Gasteiger partial charge in [-0.05, 0) is 91.0 Å². The number of aromatic nitrogens is 1. The Labute approximate surface area is 296 Å². The molecule has 0 saturated heterocycles. The van der Waals surface area contributed by atoms with E-state index >= 15 is 0 Å². The van der Waals surface area contributed by atoms with Crippen LogP contribution in [0.5, 0.6) is 23.0 Å². The topological polar surface area (TPSA) is 77.5 Å². The first-order valence-corrected chi connectivity index (χ1v) is 20.0. The van der Waals surface area contributed by atoms with Crippen LogP contribution in [-0.2, 0) is 41.7 Å². The fourth-order valence-electron chi connectivity index (χ4n) is 3.72. The maximum absolute atomic E-state index is 12.9. The highest BCUT2D eigenvalue weighted by Crippen LogP contribution is 2.49. The zero-order valence-electron chi connectivity index (χ0n) is 25.3. The lowest BCUT2D eigenvalue weighted by molar-refractivity contribution is 0.272. The summed E-state index contributed by atoms with van der Waals surface area (Å²) in [5.41, 5.74) is 0.641. The average Bonchev–Trinajstić information content (AvgIpc) is 3.07. The summed E-state index contributed by atoms with van der Waals surface area (Å²) in [6.07, 6.45) is 1.61. The zero-order chi connectivity index (χ0) is 34.0. The number of halogens is 3. The van der Waals surface area contributed by atoms with Crippen molar-refractivity contribution in [2.45, 2.75) is 9.79 Å². The number of ether oxygens (including phenoxy) is 1. The lowest BCUT2D eigenvalue weighted by atomic mass is 10.2. The quantitative estimate of drug-likeness (QED) is 0.114. The van der Waals surface area contributed by atoms with Gasteiger partial charge in [-0.2, -0.15) is 0 Å². The van der Waals surface area contributed by atoms with Gasteiger partial charge in [-0.25, -0.2) is 4.39 Å². The number of pyridine rings is 1. The Morgan fingerprint density at radius 2 is 1.13 bits per heavy atom. The van der Waals surface area contributed by atoms with Crippen molar-refractivity contribution >= 4 is 82.9 Å². The molecule has 0 radical (unpaired) electrons. The van der Waals surface area contributed by atoms with Gasteiger partial charge in [0.05, 0.1) is 15.9 Å². The monoisotopic (exact) mass is 773 g/mol. The molecule has 0 aliphatic heterocycles. The molecule has 248 valence electrons. The van der Waals surface area contributed by atoms with Gasteiger partial charge >= 0.3 is 13.4 Å². The molecule has 8 nitrogen and oxygen atoms in total. The van der Waals surface area contributed by atoms with Crippen molar-refractivity contribution in [3.63, 3.8) is 0 Å². The molecule has 47 heavy (non-hydrogen) atoms. The average molecular weight is 775 g/mol. The van der Waals surface area contributed by atoms with Crippen molar-refractivity contribution in [2.24, 2.45) is 0 Å². The van der Waals surface area contributed by atoms with E-state index in [1.54, 1.807) is 48.3 Å². The maximum atomic E-state index is 12.9. The SMILES string of the molecule is COP(=S)(OC)Oc1ccc(Sc2ccc(OP(=S)(OC)OC)cc2)cc1.Fc1ccc(Oc2ccnc3cc(Cl)cc(Cl)c23)cc1. The van der Waals surface area contributed by atoms with Crippen LogP contribution in [-0.4, -0.2) is 33.4 Å². The summed E-state index contributed by atoms with van der Waals surface area (Å²) in [6, 6.07) is 25.8. The number of hydrogen-bond acceptors (Lipinski definition) is 11. The number of hydrogen-bond donors (Lipinski definition) is 0. The Bertz CT molecular complexity index is 1810. The first kappa shape index (κ1) is 37.5. The third-order valence-corrected chi connectivity index (χ3v) is 12.4. The van der Waals surface area contributed by atoms with Gasteiger partial charge in [0.15, 0.2) is 0 Å². The van der Waals surface area contributed by atoms with Crippen molar-refractivity contribution in [2.75, 3.05) is 28.4 Å². The molecule has 5 aromatic rings. The van der Waals surface area contributed by atoms with E-state index in [-0.39, 0.29) is 5.82 Å². The standard InChI is InChI=1S/C16H20O6P2S3.C15H8Cl2FNO/c1-17-23(25,18-2)21-13-5-9-15(10-6-13)27-16-11-7-14(8-12-16)22-24(26,19-3)20-4;16-9-7-12(17)15-13(8-9)19-6-5-14(15)20-11-3-1-10(18)2-4-11/h5-12H,1-4H3;1-8H. The van der Waals surface area contributed by atoms with Crippen LogP contribution >= 0.6 is 48.4 Å². The largest absolute Gasteiger partial charge is 0.457 e. The smallest absolute Gasteiger partial charge is 0.380 e. The number of rotatable bonds is 12. The van der Waals surface area contributed by atoms with Gasteiger partial charge in [0, 0.05) is 73.1 Å². The van der Waals surface area contributed by atoms with Crippen LogP contribution in [0.1, 0.15) is 0 Å². The number of nitrogens with zero attached hydrogens (tertiary/aromatic N) is 1. The molecule has 1 heterocycles. The molecule has 0 aliphatic carbocycles. The third-order valence-electron chi connectivity index (χ3n) is 5.97. The van der Waals surface area contributed by atoms with E-state index in [9.17, 15) is 4.39 Å². The fourth-order valence-corrected chi connectivity index (χ4v) is 6.98. The van der Waals surface area contributed by atoms with Gasteiger partial charge in [-0.15, -0.1) is 0 Å². The van der Waals surface area contributed by atoms with Gasteiger partial charge in [0.1, 0.15) is 28.8 Å². The molecule has 1 aromatic heterocycles. The summed E-state index contributed by atoms with van der Waals surface area (Å²) >= 11 is 24.1. The third kappa shape index (κ3) is 10.8. The molecule has 16 heteroatoms. The number of benzene rings is 4. The second-order valence-corrected chi connectivity index (χ2v) is 17.3. The summed E-state index contributed by atoms with van der Waals surface area (Å²) in [4.78, 5) is 6.29. The van der Waals surface area contributed by atoms with Crippen molar-refractivity contribution in [1.29, 1.82) is 0 Å². The van der Waals surface area contributed by atoms with E-state index in [1.165, 1.54) is 40.6 Å².